The smallest absolute Gasteiger partial charge is 0.353 e. The van der Waals surface area contributed by atoms with Crippen LogP contribution in [0.2, 0.25) is 0 Å². The second kappa shape index (κ2) is 7.92. The summed E-state index contributed by atoms with van der Waals surface area (Å²) in [6.45, 7) is 4.21. The van der Waals surface area contributed by atoms with Gasteiger partial charge in [-0.15, -0.1) is 0 Å². The molecule has 0 saturated carbocycles. The molecule has 4 N–H and O–H groups in total. The third-order valence-electron chi connectivity index (χ3n) is 3.21. The Bertz CT molecular complexity index is 495. The lowest BCUT2D eigenvalue weighted by Gasteiger charge is -2.17. The summed E-state index contributed by atoms with van der Waals surface area (Å²) in [5.74, 6) is -0.379. The first-order valence-electron chi connectivity index (χ1n) is 6.93. The maximum atomic E-state index is 12.5. The molecule has 0 bridgehead atoms. The normalized spacial score (nSPS) is 14.3. The highest BCUT2D eigenvalue weighted by molar-refractivity contribution is 5.81. The number of carbonyl (C=O) groups is 1. The van der Waals surface area contributed by atoms with Crippen molar-refractivity contribution < 1.29 is 18.0 Å². The Kier molecular flexibility index (Phi) is 6.54. The van der Waals surface area contributed by atoms with E-state index < -0.39 is 17.9 Å². The van der Waals surface area contributed by atoms with Crippen LogP contribution in [-0.2, 0) is 11.0 Å². The number of nitrogens with one attached hydrogen (secondary N) is 2. The molecular formula is C13H20F3N5O. The van der Waals surface area contributed by atoms with Crippen LogP contribution in [0.1, 0.15) is 26.0 Å². The van der Waals surface area contributed by atoms with E-state index in [4.69, 9.17) is 5.73 Å². The lowest BCUT2D eigenvalue weighted by Crippen LogP contribution is -2.45. The highest BCUT2D eigenvalue weighted by Crippen LogP contribution is 2.27. The summed E-state index contributed by atoms with van der Waals surface area (Å²) in [5, 5.41) is 5.23. The van der Waals surface area contributed by atoms with Crippen LogP contribution in [0.5, 0.6) is 0 Å². The molecule has 0 radical (unpaired) electrons. The fraction of sp³-hybridized carbons (Fsp3) is 0.615. The van der Waals surface area contributed by atoms with Gasteiger partial charge < -0.3 is 16.4 Å². The van der Waals surface area contributed by atoms with Gasteiger partial charge in [0.1, 0.15) is 5.69 Å². The fourth-order valence-corrected chi connectivity index (χ4v) is 1.59. The van der Waals surface area contributed by atoms with Crippen molar-refractivity contribution in [1.82, 2.24) is 15.3 Å². The molecule has 0 saturated heterocycles. The van der Waals surface area contributed by atoms with E-state index >= 15 is 0 Å². The largest absolute Gasteiger partial charge is 0.433 e. The molecule has 9 heteroatoms. The minimum atomic E-state index is -4.52. The molecule has 0 aliphatic heterocycles. The highest BCUT2D eigenvalue weighted by Gasteiger charge is 2.32. The van der Waals surface area contributed by atoms with Gasteiger partial charge in [0.2, 0.25) is 11.9 Å². The number of aromatic nitrogens is 2. The molecule has 1 rings (SSSR count). The highest BCUT2D eigenvalue weighted by atomic mass is 19.4. The first-order valence-corrected chi connectivity index (χ1v) is 6.93. The Balaban J connectivity index is 2.41. The Morgan fingerprint density at radius 3 is 2.68 bits per heavy atom. The molecule has 124 valence electrons. The number of hydrogen-bond donors (Lipinski definition) is 3. The molecule has 1 aromatic heterocycles. The van der Waals surface area contributed by atoms with Crippen molar-refractivity contribution in [2.45, 2.75) is 32.5 Å². The molecule has 0 aromatic carbocycles. The van der Waals surface area contributed by atoms with E-state index in [1.165, 1.54) is 0 Å². The number of nitrogens with two attached hydrogens (primary N) is 1. The standard InChI is InChI=1S/C13H20F3N5O/c1-3-8(2)10(17)11(22)18-6-7-20-12-19-5-4-9(21-12)13(14,15)16/h4-5,8,10H,3,6-7,17H2,1-2H3,(H,18,22)(H,19,20,21). The molecule has 0 fully saturated rings. The van der Waals surface area contributed by atoms with Gasteiger partial charge >= 0.3 is 6.18 Å². The van der Waals surface area contributed by atoms with Crippen molar-refractivity contribution in [2.75, 3.05) is 18.4 Å². The van der Waals surface area contributed by atoms with Crippen molar-refractivity contribution in [3.63, 3.8) is 0 Å². The Morgan fingerprint density at radius 1 is 1.41 bits per heavy atom. The summed E-state index contributed by atoms with van der Waals surface area (Å²) in [6.07, 6.45) is -2.71. The number of rotatable bonds is 7. The summed E-state index contributed by atoms with van der Waals surface area (Å²) in [6, 6.07) is 0.188. The summed E-state index contributed by atoms with van der Waals surface area (Å²) in [5.41, 5.74) is 4.73. The van der Waals surface area contributed by atoms with Crippen LogP contribution in [0.25, 0.3) is 0 Å². The summed E-state index contributed by atoms with van der Waals surface area (Å²) in [7, 11) is 0. The van der Waals surface area contributed by atoms with E-state index in [0.717, 1.165) is 18.7 Å². The molecule has 1 amide bonds. The first kappa shape index (κ1) is 18.1. The average molecular weight is 319 g/mol. The molecule has 1 aromatic rings. The number of alkyl halides is 3. The number of nitrogens with zero attached hydrogens (tertiary/aromatic N) is 2. The predicted octanol–water partition coefficient (Wildman–Crippen LogP) is 1.40. The van der Waals surface area contributed by atoms with Crippen molar-refractivity contribution in [3.05, 3.63) is 18.0 Å². The van der Waals surface area contributed by atoms with Crippen LogP contribution in [0.4, 0.5) is 19.1 Å². The molecule has 0 spiro atoms. The zero-order chi connectivity index (χ0) is 16.8. The lowest BCUT2D eigenvalue weighted by molar-refractivity contribution is -0.141. The summed E-state index contributed by atoms with van der Waals surface area (Å²) in [4.78, 5) is 18.7. The maximum Gasteiger partial charge on any atom is 0.433 e. The Morgan fingerprint density at radius 2 is 2.09 bits per heavy atom. The Hall–Kier alpha value is -1.90. The minimum absolute atomic E-state index is 0.0553. The molecular weight excluding hydrogens is 299 g/mol. The third-order valence-corrected chi connectivity index (χ3v) is 3.21. The van der Waals surface area contributed by atoms with Crippen LogP contribution < -0.4 is 16.4 Å². The van der Waals surface area contributed by atoms with E-state index in [1.807, 2.05) is 13.8 Å². The molecule has 22 heavy (non-hydrogen) atoms. The second-order valence-electron chi connectivity index (χ2n) is 4.89. The van der Waals surface area contributed by atoms with Crippen molar-refractivity contribution in [3.8, 4) is 0 Å². The quantitative estimate of drug-likeness (QED) is 0.661. The van der Waals surface area contributed by atoms with Gasteiger partial charge in [-0.25, -0.2) is 9.97 Å². The van der Waals surface area contributed by atoms with E-state index in [1.54, 1.807) is 0 Å². The Labute approximate surface area is 126 Å². The minimum Gasteiger partial charge on any atom is -0.353 e. The fourth-order valence-electron chi connectivity index (χ4n) is 1.59. The van der Waals surface area contributed by atoms with Gasteiger partial charge in [0.05, 0.1) is 6.04 Å². The van der Waals surface area contributed by atoms with Gasteiger partial charge in [0.15, 0.2) is 0 Å². The zero-order valence-corrected chi connectivity index (χ0v) is 12.4. The number of carbonyl (C=O) groups excluding carboxylic acids is 1. The molecule has 2 atom stereocenters. The maximum absolute atomic E-state index is 12.5. The molecule has 1 heterocycles. The third kappa shape index (κ3) is 5.47. The molecule has 2 unspecified atom stereocenters. The van der Waals surface area contributed by atoms with Gasteiger partial charge in [0, 0.05) is 19.3 Å². The van der Waals surface area contributed by atoms with Crippen molar-refractivity contribution in [2.24, 2.45) is 11.7 Å². The van der Waals surface area contributed by atoms with Crippen LogP contribution in [0, 0.1) is 5.92 Å². The number of halogens is 3. The van der Waals surface area contributed by atoms with E-state index in [2.05, 4.69) is 20.6 Å². The van der Waals surface area contributed by atoms with E-state index in [0.29, 0.717) is 0 Å². The van der Waals surface area contributed by atoms with Crippen molar-refractivity contribution >= 4 is 11.9 Å². The van der Waals surface area contributed by atoms with Gasteiger partial charge in [-0.3, -0.25) is 4.79 Å². The SMILES string of the molecule is CCC(C)C(N)C(=O)NCCNc1nccc(C(F)(F)F)n1. The monoisotopic (exact) mass is 319 g/mol. The summed E-state index contributed by atoms with van der Waals surface area (Å²) >= 11 is 0. The van der Waals surface area contributed by atoms with Gasteiger partial charge in [-0.05, 0) is 12.0 Å². The van der Waals surface area contributed by atoms with Gasteiger partial charge in [-0.2, -0.15) is 13.2 Å². The molecule has 6 nitrogen and oxygen atoms in total. The van der Waals surface area contributed by atoms with Crippen LogP contribution >= 0.6 is 0 Å². The predicted molar refractivity (Wildman–Crippen MR) is 76.0 cm³/mol. The first-order chi connectivity index (χ1) is 10.3. The molecule has 0 aliphatic carbocycles. The van der Waals surface area contributed by atoms with Crippen molar-refractivity contribution in [1.29, 1.82) is 0 Å². The average Bonchev–Trinajstić information content (AvgIpc) is 2.49. The van der Waals surface area contributed by atoms with E-state index in [9.17, 15) is 18.0 Å². The topological polar surface area (TPSA) is 92.9 Å². The number of amides is 1. The van der Waals surface area contributed by atoms with Crippen LogP contribution in [-0.4, -0.2) is 35.0 Å². The lowest BCUT2D eigenvalue weighted by atomic mass is 9.99. The second-order valence-corrected chi connectivity index (χ2v) is 4.89. The number of hydrogen-bond acceptors (Lipinski definition) is 5. The summed E-state index contributed by atoms with van der Waals surface area (Å²) < 4.78 is 37.4. The van der Waals surface area contributed by atoms with Gasteiger partial charge in [-0.1, -0.05) is 20.3 Å². The van der Waals surface area contributed by atoms with Crippen LogP contribution in [0.3, 0.4) is 0 Å². The number of anilines is 1. The zero-order valence-electron chi connectivity index (χ0n) is 12.4. The van der Waals surface area contributed by atoms with Crippen LogP contribution in [0.15, 0.2) is 12.3 Å². The molecule has 0 aliphatic rings. The van der Waals surface area contributed by atoms with Gasteiger partial charge in [0.25, 0.3) is 0 Å². The van der Waals surface area contributed by atoms with E-state index in [-0.39, 0.29) is 30.9 Å².